The van der Waals surface area contributed by atoms with Gasteiger partial charge in [-0.3, -0.25) is 0 Å². The van der Waals surface area contributed by atoms with Crippen LogP contribution in [0, 0.1) is 11.6 Å². The van der Waals surface area contributed by atoms with Crippen LogP contribution in [0.5, 0.6) is 0 Å². The third-order valence-corrected chi connectivity index (χ3v) is 4.36. The molecule has 1 N–H and O–H groups in total. The lowest BCUT2D eigenvalue weighted by Crippen LogP contribution is -2.24. The van der Waals surface area contributed by atoms with Crippen LogP contribution >= 0.6 is 27.5 Å². The summed E-state index contributed by atoms with van der Waals surface area (Å²) in [7, 11) is 0. The number of hydrogen-bond donors (Lipinski definition) is 1. The van der Waals surface area contributed by atoms with Crippen molar-refractivity contribution in [1.29, 1.82) is 0 Å². The average molecular weight is 375 g/mol. The molecule has 0 aliphatic carbocycles. The lowest BCUT2D eigenvalue weighted by molar-refractivity contribution is 0.508. The van der Waals surface area contributed by atoms with Crippen LogP contribution in [0.4, 0.5) is 8.78 Å². The van der Waals surface area contributed by atoms with Crippen LogP contribution in [0.15, 0.2) is 40.9 Å². The Kier molecular flexibility index (Phi) is 5.73. The Balaban J connectivity index is 2.35. The van der Waals surface area contributed by atoms with Crippen LogP contribution in [0.3, 0.4) is 0 Å². The van der Waals surface area contributed by atoms with Gasteiger partial charge in [0.1, 0.15) is 11.6 Å². The molecule has 0 bridgehead atoms. The van der Waals surface area contributed by atoms with Crippen molar-refractivity contribution in [2.45, 2.75) is 19.4 Å². The molecule has 2 aromatic rings. The average Bonchev–Trinajstić information content (AvgIpc) is 2.46. The first-order valence-electron chi connectivity index (χ1n) is 6.64. The zero-order valence-electron chi connectivity index (χ0n) is 11.5. The fourth-order valence-corrected chi connectivity index (χ4v) is 2.85. The molecular formula is C16H15BrClF2N. The van der Waals surface area contributed by atoms with Gasteiger partial charge in [0, 0.05) is 16.6 Å². The van der Waals surface area contributed by atoms with Gasteiger partial charge in [0.15, 0.2) is 0 Å². The van der Waals surface area contributed by atoms with Crippen molar-refractivity contribution in [3.8, 4) is 0 Å². The molecular weight excluding hydrogens is 360 g/mol. The first-order valence-corrected chi connectivity index (χ1v) is 7.81. The largest absolute Gasteiger partial charge is 0.310 e. The van der Waals surface area contributed by atoms with E-state index < -0.39 is 0 Å². The van der Waals surface area contributed by atoms with Crippen LogP contribution in [0.2, 0.25) is 5.02 Å². The molecule has 0 heterocycles. The normalized spacial score (nSPS) is 12.4. The summed E-state index contributed by atoms with van der Waals surface area (Å²) in [6.07, 6.45) is 0.462. The molecule has 0 saturated heterocycles. The Morgan fingerprint density at radius 3 is 2.67 bits per heavy atom. The molecule has 1 atom stereocenters. The Hall–Kier alpha value is -0.970. The minimum absolute atomic E-state index is 0.271. The van der Waals surface area contributed by atoms with Crippen LogP contribution in [0.1, 0.15) is 24.1 Å². The summed E-state index contributed by atoms with van der Waals surface area (Å²) >= 11 is 9.20. The van der Waals surface area contributed by atoms with Gasteiger partial charge in [-0.2, -0.15) is 0 Å². The van der Waals surface area contributed by atoms with Crippen LogP contribution < -0.4 is 5.32 Å². The monoisotopic (exact) mass is 373 g/mol. The van der Waals surface area contributed by atoms with Gasteiger partial charge in [0.25, 0.3) is 0 Å². The molecule has 0 aromatic heterocycles. The molecule has 2 aromatic carbocycles. The van der Waals surface area contributed by atoms with E-state index in [1.165, 1.54) is 18.2 Å². The number of hydrogen-bond acceptors (Lipinski definition) is 1. The third kappa shape index (κ3) is 4.02. The number of halogens is 4. The minimum atomic E-state index is -0.325. The van der Waals surface area contributed by atoms with Gasteiger partial charge in [0.2, 0.25) is 0 Å². The topological polar surface area (TPSA) is 12.0 Å². The zero-order chi connectivity index (χ0) is 15.4. The summed E-state index contributed by atoms with van der Waals surface area (Å²) < 4.78 is 28.1. The smallest absolute Gasteiger partial charge is 0.137 e. The summed E-state index contributed by atoms with van der Waals surface area (Å²) in [4.78, 5) is 0. The molecule has 112 valence electrons. The van der Waals surface area contributed by atoms with E-state index in [0.717, 1.165) is 5.56 Å². The summed E-state index contributed by atoms with van der Waals surface area (Å²) in [6.45, 7) is 2.61. The molecule has 0 aliphatic rings. The van der Waals surface area contributed by atoms with Crippen LogP contribution in [0.25, 0.3) is 0 Å². The fourth-order valence-electron chi connectivity index (χ4n) is 2.25. The molecule has 2 rings (SSSR count). The van der Waals surface area contributed by atoms with Crippen molar-refractivity contribution in [2.24, 2.45) is 0 Å². The highest BCUT2D eigenvalue weighted by Gasteiger charge is 2.18. The van der Waals surface area contributed by atoms with E-state index in [0.29, 0.717) is 28.0 Å². The van der Waals surface area contributed by atoms with Crippen LogP contribution in [-0.2, 0) is 6.42 Å². The maximum atomic E-state index is 14.0. The highest BCUT2D eigenvalue weighted by atomic mass is 79.9. The van der Waals surface area contributed by atoms with Crippen molar-refractivity contribution in [3.05, 3.63) is 68.7 Å². The van der Waals surface area contributed by atoms with Crippen molar-refractivity contribution in [3.63, 3.8) is 0 Å². The highest BCUT2D eigenvalue weighted by molar-refractivity contribution is 9.10. The summed E-state index contributed by atoms with van der Waals surface area (Å²) in [5.41, 5.74) is 1.26. The molecule has 0 amide bonds. The highest BCUT2D eigenvalue weighted by Crippen LogP contribution is 2.28. The van der Waals surface area contributed by atoms with Gasteiger partial charge in [-0.05, 0) is 58.7 Å². The molecule has 21 heavy (non-hydrogen) atoms. The molecule has 0 spiro atoms. The van der Waals surface area contributed by atoms with Gasteiger partial charge >= 0.3 is 0 Å². The van der Waals surface area contributed by atoms with E-state index in [2.05, 4.69) is 21.2 Å². The van der Waals surface area contributed by atoms with E-state index >= 15 is 0 Å². The van der Waals surface area contributed by atoms with Gasteiger partial charge in [-0.1, -0.05) is 30.7 Å². The molecule has 0 aliphatic heterocycles. The van der Waals surface area contributed by atoms with E-state index in [9.17, 15) is 8.78 Å². The number of rotatable bonds is 5. The van der Waals surface area contributed by atoms with Gasteiger partial charge in [-0.15, -0.1) is 0 Å². The van der Waals surface area contributed by atoms with Crippen molar-refractivity contribution in [2.75, 3.05) is 6.54 Å². The Morgan fingerprint density at radius 2 is 1.95 bits per heavy atom. The summed E-state index contributed by atoms with van der Waals surface area (Å²) in [5.74, 6) is -0.646. The van der Waals surface area contributed by atoms with E-state index in [4.69, 9.17) is 11.6 Å². The van der Waals surface area contributed by atoms with Gasteiger partial charge in [0.05, 0.1) is 4.47 Å². The second-order valence-electron chi connectivity index (χ2n) is 4.69. The van der Waals surface area contributed by atoms with Gasteiger partial charge in [-0.25, -0.2) is 8.78 Å². The lowest BCUT2D eigenvalue weighted by Gasteiger charge is -2.20. The Bertz CT molecular complexity index is 634. The van der Waals surface area contributed by atoms with E-state index in [1.54, 1.807) is 12.1 Å². The Labute approximate surface area is 136 Å². The number of likely N-dealkylation sites (N-methyl/N-ethyl adjacent to an activating group) is 1. The summed E-state index contributed by atoms with van der Waals surface area (Å²) in [6, 6.07) is 9.05. The van der Waals surface area contributed by atoms with Gasteiger partial charge < -0.3 is 5.32 Å². The predicted molar refractivity (Wildman–Crippen MR) is 85.6 cm³/mol. The molecule has 0 fully saturated rings. The zero-order valence-corrected chi connectivity index (χ0v) is 13.8. The molecule has 0 saturated carbocycles. The standard InChI is InChI=1S/C16H15BrClF2N/c1-2-21-15(12-9-11(18)6-7-13(12)19)8-10-4-3-5-14(20)16(10)17/h3-7,9,15,21H,2,8H2,1H3. The minimum Gasteiger partial charge on any atom is -0.310 e. The third-order valence-electron chi connectivity index (χ3n) is 3.24. The second-order valence-corrected chi connectivity index (χ2v) is 5.92. The molecule has 0 radical (unpaired) electrons. The van der Waals surface area contributed by atoms with E-state index in [1.807, 2.05) is 13.0 Å². The van der Waals surface area contributed by atoms with Crippen LogP contribution in [-0.4, -0.2) is 6.54 Å². The van der Waals surface area contributed by atoms with Crippen molar-refractivity contribution >= 4 is 27.5 Å². The van der Waals surface area contributed by atoms with E-state index in [-0.39, 0.29) is 17.7 Å². The summed E-state index contributed by atoms with van der Waals surface area (Å²) in [5, 5.41) is 3.70. The van der Waals surface area contributed by atoms with Crippen molar-refractivity contribution < 1.29 is 8.78 Å². The second kappa shape index (κ2) is 7.34. The quantitative estimate of drug-likeness (QED) is 0.751. The SMILES string of the molecule is CCNC(Cc1cccc(F)c1Br)c1cc(Cl)ccc1F. The number of benzene rings is 2. The Morgan fingerprint density at radius 1 is 1.19 bits per heavy atom. The first kappa shape index (κ1) is 16.4. The molecule has 5 heteroatoms. The van der Waals surface area contributed by atoms with Crippen molar-refractivity contribution in [1.82, 2.24) is 5.32 Å². The maximum Gasteiger partial charge on any atom is 0.137 e. The number of nitrogens with one attached hydrogen (secondary N) is 1. The first-order chi connectivity index (χ1) is 10.0. The lowest BCUT2D eigenvalue weighted by atomic mass is 9.98. The molecule has 1 nitrogen and oxygen atoms in total. The fraction of sp³-hybridized carbons (Fsp3) is 0.250. The molecule has 1 unspecified atom stereocenters. The predicted octanol–water partition coefficient (Wildman–Crippen LogP) is 5.27. The maximum absolute atomic E-state index is 14.0.